The number of halogens is 1. The van der Waals surface area contributed by atoms with Gasteiger partial charge in [-0.3, -0.25) is 4.79 Å². The molecular formula is C16H23ClN2O. The van der Waals surface area contributed by atoms with Crippen LogP contribution in [0.1, 0.15) is 44.6 Å². The van der Waals surface area contributed by atoms with Crippen LogP contribution in [0.15, 0.2) is 18.2 Å². The molecule has 110 valence electrons. The second-order valence-electron chi connectivity index (χ2n) is 5.65. The Balaban J connectivity index is 2.04. The zero-order valence-corrected chi connectivity index (χ0v) is 12.8. The van der Waals surface area contributed by atoms with E-state index in [9.17, 15) is 4.79 Å². The second kappa shape index (κ2) is 6.98. The van der Waals surface area contributed by atoms with Gasteiger partial charge in [0.2, 0.25) is 5.91 Å². The number of nitrogen functional groups attached to an aromatic ring is 1. The van der Waals surface area contributed by atoms with E-state index >= 15 is 0 Å². The molecule has 0 spiro atoms. The van der Waals surface area contributed by atoms with Crippen molar-refractivity contribution in [3.63, 3.8) is 0 Å². The highest BCUT2D eigenvalue weighted by Crippen LogP contribution is 2.26. The Bertz CT molecular complexity index is 476. The van der Waals surface area contributed by atoms with Gasteiger partial charge in [0.05, 0.1) is 0 Å². The molecule has 1 unspecified atom stereocenters. The number of benzene rings is 1. The van der Waals surface area contributed by atoms with Crippen LogP contribution >= 0.6 is 11.6 Å². The number of amides is 1. The average Bonchev–Trinajstić information content (AvgIpc) is 2.59. The summed E-state index contributed by atoms with van der Waals surface area (Å²) in [4.78, 5) is 14.1. The minimum Gasteiger partial charge on any atom is -0.399 e. The summed E-state index contributed by atoms with van der Waals surface area (Å²) in [6, 6.07) is 5.45. The number of rotatable bonds is 4. The lowest BCUT2D eigenvalue weighted by atomic mass is 9.96. The highest BCUT2D eigenvalue weighted by molar-refractivity contribution is 6.31. The fourth-order valence-corrected chi connectivity index (χ4v) is 3.06. The molecule has 1 fully saturated rings. The number of likely N-dealkylation sites (tertiary alicyclic amines) is 1. The van der Waals surface area contributed by atoms with E-state index in [1.807, 2.05) is 11.0 Å². The lowest BCUT2D eigenvalue weighted by Gasteiger charge is -2.21. The first-order chi connectivity index (χ1) is 9.60. The quantitative estimate of drug-likeness (QED) is 0.857. The predicted octanol–water partition coefficient (Wildman–Crippen LogP) is 3.85. The Kier molecular flexibility index (Phi) is 5.30. The van der Waals surface area contributed by atoms with Gasteiger partial charge in [-0.1, -0.05) is 31.4 Å². The van der Waals surface area contributed by atoms with Crippen LogP contribution in [0.5, 0.6) is 0 Å². The third-order valence-electron chi connectivity index (χ3n) is 4.05. The van der Waals surface area contributed by atoms with Crippen LogP contribution in [-0.4, -0.2) is 17.4 Å². The summed E-state index contributed by atoms with van der Waals surface area (Å²) >= 11 is 6.19. The number of nitrogens with zero attached hydrogens (tertiary/aromatic N) is 1. The van der Waals surface area contributed by atoms with Crippen molar-refractivity contribution in [3.8, 4) is 0 Å². The molecule has 1 aromatic carbocycles. The van der Waals surface area contributed by atoms with Gasteiger partial charge in [-0.2, -0.15) is 0 Å². The summed E-state index contributed by atoms with van der Waals surface area (Å²) in [5.74, 6) is 0.923. The molecule has 1 amide bonds. The normalized spacial score (nSPS) is 20.0. The van der Waals surface area contributed by atoms with Crippen molar-refractivity contribution in [3.05, 3.63) is 28.8 Å². The van der Waals surface area contributed by atoms with Crippen LogP contribution in [0.3, 0.4) is 0 Å². The van der Waals surface area contributed by atoms with Crippen LogP contribution in [0.2, 0.25) is 5.02 Å². The molecule has 1 heterocycles. The lowest BCUT2D eigenvalue weighted by molar-refractivity contribution is -0.131. The van der Waals surface area contributed by atoms with Crippen LogP contribution < -0.4 is 5.73 Å². The van der Waals surface area contributed by atoms with Crippen molar-refractivity contribution in [2.75, 3.05) is 12.3 Å². The molecule has 2 rings (SSSR count). The number of nitrogens with two attached hydrogens (primary N) is 1. The highest BCUT2D eigenvalue weighted by atomic mass is 35.5. The second-order valence-corrected chi connectivity index (χ2v) is 6.06. The Morgan fingerprint density at radius 1 is 1.40 bits per heavy atom. The van der Waals surface area contributed by atoms with Crippen molar-refractivity contribution >= 4 is 23.2 Å². The molecule has 1 saturated heterocycles. The van der Waals surface area contributed by atoms with Gasteiger partial charge < -0.3 is 10.6 Å². The summed E-state index contributed by atoms with van der Waals surface area (Å²) in [6.07, 6.45) is 5.19. The van der Waals surface area contributed by atoms with Gasteiger partial charge in [0, 0.05) is 30.2 Å². The summed E-state index contributed by atoms with van der Waals surface area (Å²) in [5.41, 5.74) is 7.43. The van der Waals surface area contributed by atoms with Gasteiger partial charge in [-0.05, 0) is 42.5 Å². The van der Waals surface area contributed by atoms with Crippen molar-refractivity contribution in [2.45, 2.75) is 45.6 Å². The number of anilines is 1. The van der Waals surface area contributed by atoms with Gasteiger partial charge in [0.15, 0.2) is 0 Å². The molecule has 4 heteroatoms. The summed E-state index contributed by atoms with van der Waals surface area (Å²) < 4.78 is 0. The molecule has 2 N–H and O–H groups in total. The zero-order valence-electron chi connectivity index (χ0n) is 12.1. The van der Waals surface area contributed by atoms with Crippen LogP contribution in [0.25, 0.3) is 0 Å². The van der Waals surface area contributed by atoms with Gasteiger partial charge in [0.1, 0.15) is 0 Å². The number of carbonyl (C=O) groups is 1. The van der Waals surface area contributed by atoms with E-state index in [2.05, 4.69) is 6.92 Å². The predicted molar refractivity (Wildman–Crippen MR) is 83.5 cm³/mol. The number of carbonyl (C=O) groups excluding carboxylic acids is 1. The summed E-state index contributed by atoms with van der Waals surface area (Å²) in [5, 5.41) is 0.682. The fraction of sp³-hybridized carbons (Fsp3) is 0.562. The summed E-state index contributed by atoms with van der Waals surface area (Å²) in [6.45, 7) is 3.60. The molecule has 0 bridgehead atoms. The number of hydrogen-bond donors (Lipinski definition) is 1. The Hall–Kier alpha value is -1.22. The maximum Gasteiger partial charge on any atom is 0.222 e. The number of hydrogen-bond acceptors (Lipinski definition) is 2. The van der Waals surface area contributed by atoms with E-state index in [-0.39, 0.29) is 5.91 Å². The van der Waals surface area contributed by atoms with E-state index in [0.717, 1.165) is 24.9 Å². The third-order valence-corrected chi connectivity index (χ3v) is 4.42. The molecule has 0 saturated carbocycles. The molecule has 3 nitrogen and oxygen atoms in total. The lowest BCUT2D eigenvalue weighted by Crippen LogP contribution is -2.29. The van der Waals surface area contributed by atoms with Gasteiger partial charge in [-0.15, -0.1) is 0 Å². The van der Waals surface area contributed by atoms with Gasteiger partial charge in [-0.25, -0.2) is 0 Å². The van der Waals surface area contributed by atoms with E-state index in [1.165, 1.54) is 12.8 Å². The monoisotopic (exact) mass is 294 g/mol. The molecule has 0 aromatic heterocycles. The van der Waals surface area contributed by atoms with Crippen molar-refractivity contribution in [2.24, 2.45) is 5.92 Å². The topological polar surface area (TPSA) is 46.3 Å². The molecule has 1 atom stereocenters. The first kappa shape index (κ1) is 15.2. The van der Waals surface area contributed by atoms with Gasteiger partial charge >= 0.3 is 0 Å². The maximum absolute atomic E-state index is 12.2. The first-order valence-corrected chi connectivity index (χ1v) is 7.79. The first-order valence-electron chi connectivity index (χ1n) is 7.41. The van der Waals surface area contributed by atoms with Crippen molar-refractivity contribution < 1.29 is 4.79 Å². The molecule has 1 aliphatic heterocycles. The fourth-order valence-electron chi connectivity index (χ4n) is 2.88. The van der Waals surface area contributed by atoms with Crippen molar-refractivity contribution in [1.82, 2.24) is 4.90 Å². The zero-order chi connectivity index (χ0) is 14.5. The van der Waals surface area contributed by atoms with Crippen LogP contribution in [-0.2, 0) is 11.3 Å². The highest BCUT2D eigenvalue weighted by Gasteiger charge is 2.22. The molecule has 0 aliphatic carbocycles. The van der Waals surface area contributed by atoms with Crippen LogP contribution in [0, 0.1) is 5.92 Å². The van der Waals surface area contributed by atoms with Crippen molar-refractivity contribution in [1.29, 1.82) is 0 Å². The third kappa shape index (κ3) is 3.89. The van der Waals surface area contributed by atoms with Crippen LogP contribution in [0.4, 0.5) is 5.69 Å². The average molecular weight is 295 g/mol. The molecule has 1 aliphatic rings. The smallest absolute Gasteiger partial charge is 0.222 e. The van der Waals surface area contributed by atoms with E-state index in [1.54, 1.807) is 12.1 Å². The van der Waals surface area contributed by atoms with E-state index in [4.69, 9.17) is 17.3 Å². The molecular weight excluding hydrogens is 272 g/mol. The Morgan fingerprint density at radius 2 is 2.20 bits per heavy atom. The summed E-state index contributed by atoms with van der Waals surface area (Å²) in [7, 11) is 0. The largest absolute Gasteiger partial charge is 0.399 e. The standard InChI is InChI=1S/C16H23ClN2O/c1-2-3-12-4-7-16(20)19(9-8-12)11-13-10-14(18)5-6-15(13)17/h5-6,10,12H,2-4,7-9,11,18H2,1H3. The maximum atomic E-state index is 12.2. The van der Waals surface area contributed by atoms with Gasteiger partial charge in [0.25, 0.3) is 0 Å². The minimum absolute atomic E-state index is 0.238. The Labute approximate surface area is 126 Å². The molecule has 0 radical (unpaired) electrons. The minimum atomic E-state index is 0.238. The van der Waals surface area contributed by atoms with E-state index < -0.39 is 0 Å². The molecule has 20 heavy (non-hydrogen) atoms. The SMILES string of the molecule is CCCC1CCC(=O)N(Cc2cc(N)ccc2Cl)CC1. The molecule has 1 aromatic rings. The van der Waals surface area contributed by atoms with E-state index in [0.29, 0.717) is 29.6 Å². The Morgan fingerprint density at radius 3 is 2.95 bits per heavy atom.